The Morgan fingerprint density at radius 3 is 2.58 bits per heavy atom. The Morgan fingerprint density at radius 2 is 1.96 bits per heavy atom. The van der Waals surface area contributed by atoms with E-state index < -0.39 is 0 Å². The second-order valence-electron chi connectivity index (χ2n) is 6.05. The maximum atomic E-state index is 12.6. The number of aromatic nitrogens is 1. The zero-order chi connectivity index (χ0) is 18.8. The van der Waals surface area contributed by atoms with Gasteiger partial charge < -0.3 is 9.47 Å². The first-order valence-electron chi connectivity index (χ1n) is 8.00. The van der Waals surface area contributed by atoms with Crippen LogP contribution in [0.5, 0.6) is 0 Å². The molecule has 0 spiro atoms. The number of aryl methyl sites for hydroxylation is 1. The second-order valence-corrected chi connectivity index (χ2v) is 7.47. The molecular formula is C20H18ClN3OS. The molecule has 0 aliphatic rings. The number of anilines is 1. The Morgan fingerprint density at radius 1 is 1.27 bits per heavy atom. The summed E-state index contributed by atoms with van der Waals surface area (Å²) in [4.78, 5) is 19.5. The molecule has 0 bridgehead atoms. The van der Waals surface area contributed by atoms with Crippen molar-refractivity contribution < 1.29 is 4.79 Å². The highest BCUT2D eigenvalue weighted by Gasteiger charge is 2.12. The number of nitrogens with zero attached hydrogens (tertiary/aromatic N) is 3. The summed E-state index contributed by atoms with van der Waals surface area (Å²) in [6.45, 7) is 2.27. The zero-order valence-electron chi connectivity index (χ0n) is 14.8. The number of carbonyl (C=O) groups excluding carboxylic acids is 1. The third-order valence-corrected chi connectivity index (χ3v) is 5.56. The largest absolute Gasteiger partial charge is 0.378 e. The van der Waals surface area contributed by atoms with E-state index in [1.165, 1.54) is 11.3 Å². The van der Waals surface area contributed by atoms with Gasteiger partial charge in [0.15, 0.2) is 4.80 Å². The van der Waals surface area contributed by atoms with Crippen LogP contribution in [0.2, 0.25) is 5.02 Å². The van der Waals surface area contributed by atoms with Crippen molar-refractivity contribution >= 4 is 44.7 Å². The third kappa shape index (κ3) is 3.39. The van der Waals surface area contributed by atoms with E-state index >= 15 is 0 Å². The van der Waals surface area contributed by atoms with Gasteiger partial charge in [0.05, 0.1) is 16.8 Å². The molecular weight excluding hydrogens is 366 g/mol. The molecule has 26 heavy (non-hydrogen) atoms. The van der Waals surface area contributed by atoms with Gasteiger partial charge in [0, 0.05) is 30.4 Å². The van der Waals surface area contributed by atoms with Gasteiger partial charge in [-0.15, -0.1) is 6.42 Å². The van der Waals surface area contributed by atoms with Crippen LogP contribution < -0.4 is 9.70 Å². The first-order chi connectivity index (χ1) is 12.4. The molecule has 0 unspecified atom stereocenters. The van der Waals surface area contributed by atoms with Crippen LogP contribution in [-0.2, 0) is 6.54 Å². The van der Waals surface area contributed by atoms with Crippen molar-refractivity contribution in [2.75, 3.05) is 19.0 Å². The Balaban J connectivity index is 2.11. The van der Waals surface area contributed by atoms with Gasteiger partial charge in [-0.05, 0) is 48.9 Å². The minimum Gasteiger partial charge on any atom is -0.378 e. The number of amides is 1. The zero-order valence-corrected chi connectivity index (χ0v) is 16.4. The molecule has 1 amide bonds. The van der Waals surface area contributed by atoms with Gasteiger partial charge in [0.2, 0.25) is 0 Å². The highest BCUT2D eigenvalue weighted by Crippen LogP contribution is 2.27. The maximum Gasteiger partial charge on any atom is 0.279 e. The number of carbonyl (C=O) groups is 1. The average molecular weight is 384 g/mol. The molecule has 1 aromatic heterocycles. The van der Waals surface area contributed by atoms with Crippen LogP contribution in [0.3, 0.4) is 0 Å². The topological polar surface area (TPSA) is 37.6 Å². The minimum absolute atomic E-state index is 0.295. The lowest BCUT2D eigenvalue weighted by Gasteiger charge is -2.11. The molecule has 3 rings (SSSR count). The highest BCUT2D eigenvalue weighted by atomic mass is 35.5. The summed E-state index contributed by atoms with van der Waals surface area (Å²) in [7, 11) is 3.91. The summed E-state index contributed by atoms with van der Waals surface area (Å²) in [6.07, 6.45) is 5.52. The molecule has 0 aliphatic heterocycles. The van der Waals surface area contributed by atoms with Crippen LogP contribution in [0.25, 0.3) is 10.2 Å². The molecule has 132 valence electrons. The normalized spacial score (nSPS) is 11.6. The fourth-order valence-electron chi connectivity index (χ4n) is 2.69. The molecule has 4 nitrogen and oxygen atoms in total. The first kappa shape index (κ1) is 18.2. The van der Waals surface area contributed by atoms with E-state index in [9.17, 15) is 4.79 Å². The standard InChI is InChI=1S/C20H18ClN3OS/c1-5-12-24-18-13(2)16(21)10-11-17(18)26-20(24)22-19(25)14-6-8-15(9-7-14)23(3)4/h1,6-11H,12H2,2-4H3. The number of hydrogen-bond donors (Lipinski definition) is 0. The summed E-state index contributed by atoms with van der Waals surface area (Å²) >= 11 is 7.68. The quantitative estimate of drug-likeness (QED) is 0.638. The third-order valence-electron chi connectivity index (χ3n) is 4.11. The number of halogens is 1. The minimum atomic E-state index is -0.295. The molecule has 1 heterocycles. The SMILES string of the molecule is C#CCn1c(=NC(=O)c2ccc(N(C)C)cc2)sc2ccc(Cl)c(C)c21. The molecule has 0 fully saturated rings. The molecule has 0 N–H and O–H groups in total. The molecule has 0 saturated carbocycles. The number of benzene rings is 2. The lowest BCUT2D eigenvalue weighted by molar-refractivity contribution is 0.0998. The van der Waals surface area contributed by atoms with Crippen LogP contribution in [0, 0.1) is 19.3 Å². The monoisotopic (exact) mass is 383 g/mol. The molecule has 3 aromatic rings. The number of hydrogen-bond acceptors (Lipinski definition) is 3. The van der Waals surface area contributed by atoms with E-state index in [0.29, 0.717) is 21.9 Å². The van der Waals surface area contributed by atoms with Crippen molar-refractivity contribution in [1.29, 1.82) is 0 Å². The van der Waals surface area contributed by atoms with Crippen molar-refractivity contribution in [2.24, 2.45) is 4.99 Å². The van der Waals surface area contributed by atoms with Crippen molar-refractivity contribution in [3.8, 4) is 12.3 Å². The van der Waals surface area contributed by atoms with Crippen LogP contribution in [0.15, 0.2) is 41.4 Å². The first-order valence-corrected chi connectivity index (χ1v) is 9.20. The lowest BCUT2D eigenvalue weighted by atomic mass is 10.2. The summed E-state index contributed by atoms with van der Waals surface area (Å²) in [5.41, 5.74) is 3.42. The van der Waals surface area contributed by atoms with Crippen molar-refractivity contribution in [3.05, 3.63) is 57.3 Å². The van der Waals surface area contributed by atoms with E-state index in [1.807, 2.05) is 54.8 Å². The Labute approximate surface area is 161 Å². The van der Waals surface area contributed by atoms with Crippen LogP contribution >= 0.6 is 22.9 Å². The molecule has 6 heteroatoms. The molecule has 0 radical (unpaired) electrons. The van der Waals surface area contributed by atoms with Crippen LogP contribution in [0.4, 0.5) is 5.69 Å². The van der Waals surface area contributed by atoms with Gasteiger partial charge in [-0.25, -0.2) is 0 Å². The molecule has 0 saturated heterocycles. The Hall–Kier alpha value is -2.55. The van der Waals surface area contributed by atoms with Gasteiger partial charge in [0.1, 0.15) is 0 Å². The second kappa shape index (κ2) is 7.36. The van der Waals surface area contributed by atoms with Crippen molar-refractivity contribution in [1.82, 2.24) is 4.57 Å². The fourth-order valence-corrected chi connectivity index (χ4v) is 3.93. The van der Waals surface area contributed by atoms with E-state index in [2.05, 4.69) is 10.9 Å². The molecule has 0 atom stereocenters. The summed E-state index contributed by atoms with van der Waals surface area (Å²) in [6, 6.07) is 11.1. The van der Waals surface area contributed by atoms with Crippen molar-refractivity contribution in [3.63, 3.8) is 0 Å². The number of fused-ring (bicyclic) bond motifs is 1. The number of terminal acetylenes is 1. The van der Waals surface area contributed by atoms with Gasteiger partial charge in [-0.2, -0.15) is 4.99 Å². The van der Waals surface area contributed by atoms with Crippen LogP contribution in [-0.4, -0.2) is 24.6 Å². The predicted octanol–water partition coefficient (Wildman–Crippen LogP) is 4.10. The summed E-state index contributed by atoms with van der Waals surface area (Å²) in [5, 5.41) is 0.665. The molecule has 2 aromatic carbocycles. The van der Waals surface area contributed by atoms with E-state index in [-0.39, 0.29) is 5.91 Å². The average Bonchev–Trinajstić information content (AvgIpc) is 2.96. The number of rotatable bonds is 3. The van der Waals surface area contributed by atoms with E-state index in [0.717, 1.165) is 21.5 Å². The van der Waals surface area contributed by atoms with Gasteiger partial charge >= 0.3 is 0 Å². The Kier molecular flexibility index (Phi) is 5.17. The smallest absolute Gasteiger partial charge is 0.279 e. The van der Waals surface area contributed by atoms with Gasteiger partial charge in [-0.3, -0.25) is 4.79 Å². The maximum absolute atomic E-state index is 12.6. The van der Waals surface area contributed by atoms with Gasteiger partial charge in [-0.1, -0.05) is 28.9 Å². The number of thiazole rings is 1. The lowest BCUT2D eigenvalue weighted by Crippen LogP contribution is -2.17. The van der Waals surface area contributed by atoms with E-state index in [1.54, 1.807) is 12.1 Å². The van der Waals surface area contributed by atoms with Crippen LogP contribution in [0.1, 0.15) is 15.9 Å². The summed E-state index contributed by atoms with van der Waals surface area (Å²) in [5.74, 6) is 2.34. The van der Waals surface area contributed by atoms with E-state index in [4.69, 9.17) is 18.0 Å². The van der Waals surface area contributed by atoms with Gasteiger partial charge in [0.25, 0.3) is 5.91 Å². The summed E-state index contributed by atoms with van der Waals surface area (Å²) < 4.78 is 2.87. The fraction of sp³-hybridized carbons (Fsp3) is 0.200. The van der Waals surface area contributed by atoms with Crippen molar-refractivity contribution in [2.45, 2.75) is 13.5 Å². The molecule has 0 aliphatic carbocycles. The predicted molar refractivity (Wildman–Crippen MR) is 109 cm³/mol. The highest BCUT2D eigenvalue weighted by molar-refractivity contribution is 7.16. The Bertz CT molecular complexity index is 1090.